The standard InChI is InChI=1S/C16H25NO/c1-3-13-8-10-14(11-9-13)16(2,12-18)17-15-6-4-5-7-15/h8-11,15,17-18H,3-7,12H2,1-2H3. The average molecular weight is 247 g/mol. The molecule has 0 aromatic heterocycles. The van der Waals surface area contributed by atoms with E-state index in [0.717, 1.165) is 6.42 Å². The first-order chi connectivity index (χ1) is 8.68. The summed E-state index contributed by atoms with van der Waals surface area (Å²) in [5, 5.41) is 13.4. The molecule has 0 saturated heterocycles. The molecular weight excluding hydrogens is 222 g/mol. The average Bonchev–Trinajstić information content (AvgIpc) is 2.91. The van der Waals surface area contributed by atoms with Gasteiger partial charge in [0, 0.05) is 6.04 Å². The van der Waals surface area contributed by atoms with Crippen molar-refractivity contribution in [2.45, 2.75) is 57.5 Å². The van der Waals surface area contributed by atoms with Gasteiger partial charge in [0.25, 0.3) is 0 Å². The summed E-state index contributed by atoms with van der Waals surface area (Å²) in [5.41, 5.74) is 2.23. The third kappa shape index (κ3) is 2.93. The van der Waals surface area contributed by atoms with E-state index in [1.54, 1.807) is 0 Å². The van der Waals surface area contributed by atoms with Crippen molar-refractivity contribution in [2.24, 2.45) is 0 Å². The van der Waals surface area contributed by atoms with Crippen LogP contribution < -0.4 is 5.32 Å². The number of hydrogen-bond acceptors (Lipinski definition) is 2. The van der Waals surface area contributed by atoms with E-state index in [-0.39, 0.29) is 12.1 Å². The van der Waals surface area contributed by atoms with Crippen LogP contribution in [0.4, 0.5) is 0 Å². The Morgan fingerprint density at radius 2 is 1.83 bits per heavy atom. The number of benzene rings is 1. The second-order valence-corrected chi connectivity index (χ2v) is 5.67. The van der Waals surface area contributed by atoms with Crippen LogP contribution in [0.1, 0.15) is 50.7 Å². The molecule has 0 aliphatic heterocycles. The molecule has 2 heteroatoms. The molecule has 2 N–H and O–H groups in total. The van der Waals surface area contributed by atoms with Gasteiger partial charge in [0.05, 0.1) is 12.1 Å². The minimum absolute atomic E-state index is 0.148. The quantitative estimate of drug-likeness (QED) is 0.838. The lowest BCUT2D eigenvalue weighted by molar-refractivity contribution is 0.161. The minimum atomic E-state index is -0.304. The monoisotopic (exact) mass is 247 g/mol. The van der Waals surface area contributed by atoms with Gasteiger partial charge in [-0.2, -0.15) is 0 Å². The van der Waals surface area contributed by atoms with E-state index >= 15 is 0 Å². The summed E-state index contributed by atoms with van der Waals surface area (Å²) in [5.74, 6) is 0. The van der Waals surface area contributed by atoms with Crippen LogP contribution in [0, 0.1) is 0 Å². The van der Waals surface area contributed by atoms with E-state index in [0.29, 0.717) is 6.04 Å². The number of nitrogens with one attached hydrogen (secondary N) is 1. The molecule has 0 radical (unpaired) electrons. The van der Waals surface area contributed by atoms with E-state index in [1.165, 1.54) is 36.8 Å². The molecule has 1 aliphatic carbocycles. The van der Waals surface area contributed by atoms with E-state index in [2.05, 4.69) is 43.4 Å². The van der Waals surface area contributed by atoms with Gasteiger partial charge in [0.2, 0.25) is 0 Å². The Bertz CT molecular complexity index is 367. The summed E-state index contributed by atoms with van der Waals surface area (Å²) in [4.78, 5) is 0. The lowest BCUT2D eigenvalue weighted by Gasteiger charge is -2.33. The van der Waals surface area contributed by atoms with E-state index in [4.69, 9.17) is 0 Å². The zero-order chi connectivity index (χ0) is 13.0. The highest BCUT2D eigenvalue weighted by molar-refractivity contribution is 5.28. The summed E-state index contributed by atoms with van der Waals surface area (Å²) in [6, 6.07) is 9.20. The summed E-state index contributed by atoms with van der Waals surface area (Å²) >= 11 is 0. The first-order valence-electron chi connectivity index (χ1n) is 7.16. The number of hydrogen-bond donors (Lipinski definition) is 2. The summed E-state index contributed by atoms with van der Waals surface area (Å²) < 4.78 is 0. The fourth-order valence-electron chi connectivity index (χ4n) is 2.85. The molecule has 1 unspecified atom stereocenters. The molecule has 1 aromatic carbocycles. The molecule has 0 spiro atoms. The fourth-order valence-corrected chi connectivity index (χ4v) is 2.85. The maximum absolute atomic E-state index is 9.76. The van der Waals surface area contributed by atoms with Crippen molar-refractivity contribution in [3.8, 4) is 0 Å². The molecule has 1 saturated carbocycles. The molecule has 1 aliphatic rings. The molecule has 0 bridgehead atoms. The van der Waals surface area contributed by atoms with Crippen LogP contribution in [0.5, 0.6) is 0 Å². The van der Waals surface area contributed by atoms with Crippen LogP contribution in [0.15, 0.2) is 24.3 Å². The number of aliphatic hydroxyl groups excluding tert-OH is 1. The predicted octanol–water partition coefficient (Wildman–Crippen LogP) is 2.99. The number of rotatable bonds is 5. The predicted molar refractivity (Wildman–Crippen MR) is 75.6 cm³/mol. The third-order valence-electron chi connectivity index (χ3n) is 4.19. The second-order valence-electron chi connectivity index (χ2n) is 5.67. The van der Waals surface area contributed by atoms with Crippen molar-refractivity contribution in [3.05, 3.63) is 35.4 Å². The van der Waals surface area contributed by atoms with Crippen LogP contribution in [-0.2, 0) is 12.0 Å². The molecule has 0 heterocycles. The fraction of sp³-hybridized carbons (Fsp3) is 0.625. The Kier molecular flexibility index (Phi) is 4.41. The van der Waals surface area contributed by atoms with Gasteiger partial charge >= 0.3 is 0 Å². The van der Waals surface area contributed by atoms with Crippen molar-refractivity contribution in [1.82, 2.24) is 5.32 Å². The maximum Gasteiger partial charge on any atom is 0.0652 e. The van der Waals surface area contributed by atoms with Gasteiger partial charge in [-0.15, -0.1) is 0 Å². The molecule has 2 nitrogen and oxygen atoms in total. The number of aryl methyl sites for hydroxylation is 1. The highest BCUT2D eigenvalue weighted by Gasteiger charge is 2.29. The molecule has 2 rings (SSSR count). The zero-order valence-corrected chi connectivity index (χ0v) is 11.6. The van der Waals surface area contributed by atoms with E-state index in [1.807, 2.05) is 0 Å². The smallest absolute Gasteiger partial charge is 0.0652 e. The second kappa shape index (κ2) is 5.85. The highest BCUT2D eigenvalue weighted by atomic mass is 16.3. The Hall–Kier alpha value is -0.860. The van der Waals surface area contributed by atoms with Crippen molar-refractivity contribution >= 4 is 0 Å². The molecule has 18 heavy (non-hydrogen) atoms. The summed E-state index contributed by atoms with van der Waals surface area (Å²) in [6.45, 7) is 4.41. The van der Waals surface area contributed by atoms with Gasteiger partial charge in [0.15, 0.2) is 0 Å². The molecule has 1 fully saturated rings. The summed E-state index contributed by atoms with van der Waals surface area (Å²) in [7, 11) is 0. The van der Waals surface area contributed by atoms with Crippen molar-refractivity contribution in [2.75, 3.05) is 6.61 Å². The Morgan fingerprint density at radius 3 is 2.33 bits per heavy atom. The highest BCUT2D eigenvalue weighted by Crippen LogP contribution is 2.26. The van der Waals surface area contributed by atoms with Crippen LogP contribution in [0.25, 0.3) is 0 Å². The van der Waals surface area contributed by atoms with Gasteiger partial charge in [-0.05, 0) is 37.3 Å². The first kappa shape index (κ1) is 13.6. The first-order valence-corrected chi connectivity index (χ1v) is 7.16. The summed E-state index contributed by atoms with van der Waals surface area (Å²) in [6.07, 6.45) is 6.17. The van der Waals surface area contributed by atoms with E-state index < -0.39 is 0 Å². The van der Waals surface area contributed by atoms with Gasteiger partial charge in [-0.3, -0.25) is 0 Å². The molecule has 0 amide bonds. The van der Waals surface area contributed by atoms with Gasteiger partial charge in [-0.25, -0.2) is 0 Å². The van der Waals surface area contributed by atoms with Crippen LogP contribution >= 0.6 is 0 Å². The van der Waals surface area contributed by atoms with Crippen LogP contribution in [-0.4, -0.2) is 17.8 Å². The van der Waals surface area contributed by atoms with Crippen molar-refractivity contribution in [1.29, 1.82) is 0 Å². The largest absolute Gasteiger partial charge is 0.394 e. The van der Waals surface area contributed by atoms with Gasteiger partial charge in [0.1, 0.15) is 0 Å². The Balaban J connectivity index is 2.13. The molecule has 1 atom stereocenters. The Labute approximate surface area is 110 Å². The minimum Gasteiger partial charge on any atom is -0.394 e. The van der Waals surface area contributed by atoms with Crippen LogP contribution in [0.3, 0.4) is 0 Å². The molecule has 1 aromatic rings. The molecular formula is C16H25NO. The van der Waals surface area contributed by atoms with Crippen molar-refractivity contribution in [3.63, 3.8) is 0 Å². The van der Waals surface area contributed by atoms with Gasteiger partial charge in [-0.1, -0.05) is 44.0 Å². The van der Waals surface area contributed by atoms with Crippen LogP contribution in [0.2, 0.25) is 0 Å². The number of aliphatic hydroxyl groups is 1. The maximum atomic E-state index is 9.76. The van der Waals surface area contributed by atoms with E-state index in [9.17, 15) is 5.11 Å². The normalized spacial score (nSPS) is 19.9. The SMILES string of the molecule is CCc1ccc(C(C)(CO)NC2CCCC2)cc1. The topological polar surface area (TPSA) is 32.3 Å². The van der Waals surface area contributed by atoms with Gasteiger partial charge < -0.3 is 10.4 Å². The lowest BCUT2D eigenvalue weighted by Crippen LogP contribution is -2.47. The Morgan fingerprint density at radius 1 is 1.22 bits per heavy atom. The van der Waals surface area contributed by atoms with Crippen molar-refractivity contribution < 1.29 is 5.11 Å². The molecule has 100 valence electrons. The third-order valence-corrected chi connectivity index (χ3v) is 4.19. The zero-order valence-electron chi connectivity index (χ0n) is 11.6. The lowest BCUT2D eigenvalue weighted by atomic mass is 9.90.